The van der Waals surface area contributed by atoms with Crippen LogP contribution in [0.1, 0.15) is 28.6 Å². The standard InChI is InChI=1S/C24H25N5O2/c1-16-14-17(2)25-23-21(16)24(26-27(23)3)31-15-20(30)29-13-12-28-11-7-10-19(28)22(29)18-8-5-4-6-9-18/h4-11,14,22H,12-13,15H2,1-3H3. The van der Waals surface area contributed by atoms with Gasteiger partial charge >= 0.3 is 0 Å². The number of carbonyl (C=O) groups is 1. The van der Waals surface area contributed by atoms with Crippen LogP contribution in [0.25, 0.3) is 11.0 Å². The predicted octanol–water partition coefficient (Wildman–Crippen LogP) is 3.40. The van der Waals surface area contributed by atoms with Gasteiger partial charge < -0.3 is 14.2 Å². The quantitative estimate of drug-likeness (QED) is 0.512. The third kappa shape index (κ3) is 3.36. The molecule has 7 nitrogen and oxygen atoms in total. The first-order valence-corrected chi connectivity index (χ1v) is 10.5. The van der Waals surface area contributed by atoms with Gasteiger partial charge in [-0.05, 0) is 43.2 Å². The van der Waals surface area contributed by atoms with E-state index in [9.17, 15) is 4.79 Å². The molecule has 5 rings (SSSR count). The monoisotopic (exact) mass is 415 g/mol. The highest BCUT2D eigenvalue weighted by Crippen LogP contribution is 2.33. The summed E-state index contributed by atoms with van der Waals surface area (Å²) in [5.41, 5.74) is 4.94. The van der Waals surface area contributed by atoms with Crippen molar-refractivity contribution in [3.8, 4) is 5.88 Å². The van der Waals surface area contributed by atoms with E-state index in [4.69, 9.17) is 4.74 Å². The first kappa shape index (κ1) is 19.4. The second-order valence-corrected chi connectivity index (χ2v) is 8.02. The highest BCUT2D eigenvalue weighted by molar-refractivity contribution is 5.86. The van der Waals surface area contributed by atoms with Crippen molar-refractivity contribution in [2.75, 3.05) is 13.2 Å². The second kappa shape index (κ2) is 7.58. The number of aryl methyl sites for hydroxylation is 3. The van der Waals surface area contributed by atoms with Crippen LogP contribution in [0.15, 0.2) is 54.7 Å². The van der Waals surface area contributed by atoms with E-state index in [1.807, 2.05) is 56.1 Å². The topological polar surface area (TPSA) is 65.2 Å². The van der Waals surface area contributed by atoms with E-state index >= 15 is 0 Å². The first-order valence-electron chi connectivity index (χ1n) is 10.5. The maximum Gasteiger partial charge on any atom is 0.261 e. The zero-order valence-electron chi connectivity index (χ0n) is 17.9. The first-order chi connectivity index (χ1) is 15.0. The zero-order valence-corrected chi connectivity index (χ0v) is 17.9. The van der Waals surface area contributed by atoms with Gasteiger partial charge in [0.25, 0.3) is 5.91 Å². The molecule has 1 unspecified atom stereocenters. The van der Waals surface area contributed by atoms with Crippen molar-refractivity contribution in [1.29, 1.82) is 0 Å². The predicted molar refractivity (Wildman–Crippen MR) is 118 cm³/mol. The second-order valence-electron chi connectivity index (χ2n) is 8.02. The molecule has 3 aromatic heterocycles. The van der Waals surface area contributed by atoms with Crippen LogP contribution in [0.2, 0.25) is 0 Å². The molecule has 0 saturated heterocycles. The fourth-order valence-electron chi connectivity index (χ4n) is 4.50. The van der Waals surface area contributed by atoms with Crippen molar-refractivity contribution in [3.05, 3.63) is 77.2 Å². The van der Waals surface area contributed by atoms with Crippen molar-refractivity contribution in [2.45, 2.75) is 26.4 Å². The molecule has 158 valence electrons. The molecule has 0 saturated carbocycles. The van der Waals surface area contributed by atoms with Crippen LogP contribution in [0.3, 0.4) is 0 Å². The Balaban J connectivity index is 1.42. The van der Waals surface area contributed by atoms with E-state index in [2.05, 4.69) is 39.0 Å². The summed E-state index contributed by atoms with van der Waals surface area (Å²) in [6, 6.07) is 16.1. The molecular formula is C24H25N5O2. The number of nitrogens with zero attached hydrogens (tertiary/aromatic N) is 5. The van der Waals surface area contributed by atoms with E-state index in [1.54, 1.807) is 4.68 Å². The average Bonchev–Trinajstić information content (AvgIpc) is 3.36. The molecule has 4 aromatic rings. The van der Waals surface area contributed by atoms with E-state index in [-0.39, 0.29) is 18.6 Å². The Morgan fingerprint density at radius 3 is 2.74 bits per heavy atom. The van der Waals surface area contributed by atoms with Gasteiger partial charge in [0.05, 0.1) is 11.4 Å². The van der Waals surface area contributed by atoms with Crippen molar-refractivity contribution in [1.82, 2.24) is 24.2 Å². The SMILES string of the molecule is Cc1cc(C)c2c(OCC(=O)N3CCn4cccc4C3c3ccccc3)nn(C)c2n1. The Kier molecular flexibility index (Phi) is 4.73. The largest absolute Gasteiger partial charge is 0.466 e. The highest BCUT2D eigenvalue weighted by Gasteiger charge is 2.32. The van der Waals surface area contributed by atoms with Gasteiger partial charge in [0, 0.05) is 37.7 Å². The molecule has 1 atom stereocenters. The van der Waals surface area contributed by atoms with Gasteiger partial charge in [-0.1, -0.05) is 30.3 Å². The van der Waals surface area contributed by atoms with Crippen LogP contribution in [-0.4, -0.2) is 43.3 Å². The Labute approximate surface area is 180 Å². The van der Waals surface area contributed by atoms with Gasteiger partial charge in [0.15, 0.2) is 12.3 Å². The van der Waals surface area contributed by atoms with E-state index in [1.165, 1.54) is 0 Å². The fraction of sp³-hybridized carbons (Fsp3) is 0.292. The van der Waals surface area contributed by atoms with Crippen LogP contribution in [-0.2, 0) is 18.4 Å². The number of carbonyl (C=O) groups excluding carboxylic acids is 1. The molecule has 1 aliphatic rings. The lowest BCUT2D eigenvalue weighted by Crippen LogP contribution is -2.44. The lowest BCUT2D eigenvalue weighted by Gasteiger charge is -2.37. The molecular weight excluding hydrogens is 390 g/mol. The highest BCUT2D eigenvalue weighted by atomic mass is 16.5. The molecule has 0 bridgehead atoms. The number of ether oxygens (including phenoxy) is 1. The van der Waals surface area contributed by atoms with Crippen molar-refractivity contribution in [3.63, 3.8) is 0 Å². The Morgan fingerprint density at radius 2 is 1.94 bits per heavy atom. The summed E-state index contributed by atoms with van der Waals surface area (Å²) in [7, 11) is 1.84. The maximum atomic E-state index is 13.3. The van der Waals surface area contributed by atoms with Gasteiger partial charge in [0.2, 0.25) is 5.88 Å². The Bertz CT molecular complexity index is 1260. The lowest BCUT2D eigenvalue weighted by atomic mass is 10.00. The van der Waals surface area contributed by atoms with Crippen LogP contribution in [0.5, 0.6) is 5.88 Å². The molecule has 0 aliphatic carbocycles. The molecule has 0 radical (unpaired) electrons. The van der Waals surface area contributed by atoms with Crippen molar-refractivity contribution >= 4 is 16.9 Å². The third-order valence-electron chi connectivity index (χ3n) is 5.89. The summed E-state index contributed by atoms with van der Waals surface area (Å²) in [6.45, 7) is 5.30. The van der Waals surface area contributed by atoms with Crippen molar-refractivity contribution < 1.29 is 9.53 Å². The molecule has 1 aliphatic heterocycles. The van der Waals surface area contributed by atoms with Crippen LogP contribution < -0.4 is 4.74 Å². The van der Waals surface area contributed by atoms with Gasteiger partial charge in [-0.15, -0.1) is 5.10 Å². The van der Waals surface area contributed by atoms with Crippen LogP contribution >= 0.6 is 0 Å². The molecule has 1 amide bonds. The minimum atomic E-state index is -0.132. The minimum absolute atomic E-state index is 0.0576. The number of amides is 1. The van der Waals surface area contributed by atoms with Gasteiger partial charge in [0.1, 0.15) is 0 Å². The maximum absolute atomic E-state index is 13.3. The van der Waals surface area contributed by atoms with Gasteiger partial charge in [-0.3, -0.25) is 4.79 Å². The number of rotatable bonds is 4. The van der Waals surface area contributed by atoms with E-state index in [0.29, 0.717) is 12.4 Å². The third-order valence-corrected chi connectivity index (χ3v) is 5.89. The fourth-order valence-corrected chi connectivity index (χ4v) is 4.50. The molecule has 0 spiro atoms. The van der Waals surface area contributed by atoms with E-state index < -0.39 is 0 Å². The number of hydrogen-bond donors (Lipinski definition) is 0. The number of pyridine rings is 1. The van der Waals surface area contributed by atoms with Crippen molar-refractivity contribution in [2.24, 2.45) is 7.05 Å². The molecule has 1 aromatic carbocycles. The molecule has 7 heteroatoms. The minimum Gasteiger partial charge on any atom is -0.466 e. The summed E-state index contributed by atoms with van der Waals surface area (Å²) >= 11 is 0. The Morgan fingerprint density at radius 1 is 1.13 bits per heavy atom. The molecule has 0 N–H and O–H groups in total. The lowest BCUT2D eigenvalue weighted by molar-refractivity contribution is -0.136. The number of benzene rings is 1. The smallest absolute Gasteiger partial charge is 0.261 e. The summed E-state index contributed by atoms with van der Waals surface area (Å²) in [4.78, 5) is 19.8. The number of aromatic nitrogens is 4. The van der Waals surface area contributed by atoms with Gasteiger partial charge in [-0.25, -0.2) is 9.67 Å². The average molecular weight is 415 g/mol. The number of fused-ring (bicyclic) bond motifs is 2. The van der Waals surface area contributed by atoms with Crippen LogP contribution in [0, 0.1) is 13.8 Å². The molecule has 0 fully saturated rings. The summed E-state index contributed by atoms with van der Waals surface area (Å²) in [6.07, 6.45) is 2.07. The molecule has 4 heterocycles. The summed E-state index contributed by atoms with van der Waals surface area (Å²) in [5, 5.41) is 5.33. The molecule has 31 heavy (non-hydrogen) atoms. The normalized spacial score (nSPS) is 15.8. The van der Waals surface area contributed by atoms with Crippen LogP contribution in [0.4, 0.5) is 0 Å². The zero-order chi connectivity index (χ0) is 21.5. The van der Waals surface area contributed by atoms with E-state index in [0.717, 1.165) is 40.1 Å². The summed E-state index contributed by atoms with van der Waals surface area (Å²) < 4.78 is 9.88. The number of hydrogen-bond acceptors (Lipinski definition) is 4. The summed E-state index contributed by atoms with van der Waals surface area (Å²) in [5.74, 6) is 0.394. The Hall–Kier alpha value is -3.61. The van der Waals surface area contributed by atoms with Gasteiger partial charge in [-0.2, -0.15) is 0 Å².